The van der Waals surface area contributed by atoms with Gasteiger partial charge in [-0.2, -0.15) is 16.8 Å². The molecule has 0 unspecified atom stereocenters. The van der Waals surface area contributed by atoms with Crippen LogP contribution in [0.1, 0.15) is 15.9 Å². The molecule has 22 aliphatic rings. The second kappa shape index (κ2) is 34.5. The largest absolute Gasteiger partial charge is 0.394 e. The molecule has 40 atom stereocenters. The molecule has 22 N–H and O–H groups in total. The first-order chi connectivity index (χ1) is 51.3. The quantitative estimate of drug-likeness (QED) is 0.109. The molecule has 612 valence electrons. The van der Waals surface area contributed by atoms with Crippen molar-refractivity contribution in [3.05, 3.63) is 59.7 Å². The average molecular weight is 1600 g/mol. The Labute approximate surface area is 610 Å². The van der Waals surface area contributed by atoms with Gasteiger partial charge in [0, 0.05) is 11.1 Å². The highest BCUT2D eigenvalue weighted by molar-refractivity contribution is 7.87. The molecule has 21 fully saturated rings. The van der Waals surface area contributed by atoms with Crippen LogP contribution in [0.5, 0.6) is 0 Å². The van der Waals surface area contributed by atoms with E-state index in [0.717, 1.165) is 48.5 Å². The molecule has 0 aliphatic carbocycles. The van der Waals surface area contributed by atoms with Crippen LogP contribution in [-0.4, -0.2) is 433 Å². The normalized spacial score (nSPS) is 49.0. The first kappa shape index (κ1) is 83.8. The molecule has 0 spiro atoms. The Bertz CT molecular complexity index is 3520. The first-order valence-corrected chi connectivity index (χ1v) is 36.7. The number of aliphatic hydroxyl groups is 22. The molecule has 21 saturated heterocycles. The van der Waals surface area contributed by atoms with Crippen LogP contribution in [-0.2, 0) is 104 Å². The number of aliphatic hydroxyl groups excluding tert-OH is 22. The van der Waals surface area contributed by atoms with E-state index in [2.05, 4.69) is 0 Å². The van der Waals surface area contributed by atoms with Crippen LogP contribution in [0.4, 0.5) is 0 Å². The lowest BCUT2D eigenvalue weighted by Crippen LogP contribution is -2.69. The van der Waals surface area contributed by atoms with Gasteiger partial charge in [-0.25, -0.2) is 0 Å². The maximum atomic E-state index is 14.6. The summed E-state index contributed by atoms with van der Waals surface area (Å²) in [4.78, 5) is 12.5. The number of ether oxygens (including phenoxy) is 16. The fourth-order valence-electron chi connectivity index (χ4n) is 14.2. The Balaban J connectivity index is 0.900. The topological polar surface area (TPSA) is 697 Å². The van der Waals surface area contributed by atoms with E-state index in [1.54, 1.807) is 0 Å². The summed E-state index contributed by atoms with van der Waals surface area (Å²) in [5.74, 6) is -1.05. The molecule has 47 heteroatoms. The van der Waals surface area contributed by atoms with Crippen molar-refractivity contribution < 1.29 is 218 Å². The molecule has 22 heterocycles. The molecular weight excluding hydrogens is 1520 g/mol. The van der Waals surface area contributed by atoms with Crippen LogP contribution in [0.15, 0.2) is 58.3 Å². The summed E-state index contributed by atoms with van der Waals surface area (Å²) in [6.07, 6.45) is -89.6. The van der Waals surface area contributed by atoms with Crippen molar-refractivity contribution in [3.63, 3.8) is 0 Å². The summed E-state index contributed by atoms with van der Waals surface area (Å²) in [5.41, 5.74) is -0.889. The molecule has 24 rings (SSSR count). The van der Waals surface area contributed by atoms with Crippen LogP contribution in [0.25, 0.3) is 0 Å². The Kier molecular flexibility index (Phi) is 26.7. The molecule has 0 aromatic heterocycles. The highest BCUT2D eigenvalue weighted by Gasteiger charge is 2.62. The van der Waals surface area contributed by atoms with Crippen molar-refractivity contribution in [3.8, 4) is 0 Å². The third kappa shape index (κ3) is 16.3. The Morgan fingerprint density at radius 1 is 0.241 bits per heavy atom. The van der Waals surface area contributed by atoms with E-state index in [9.17, 15) is 134 Å². The Morgan fingerprint density at radius 2 is 0.426 bits per heavy atom. The minimum atomic E-state index is -5.42. The maximum absolute atomic E-state index is 14.6. The second-order valence-electron chi connectivity index (χ2n) is 26.9. The van der Waals surface area contributed by atoms with Gasteiger partial charge in [0.1, 0.15) is 183 Å². The molecule has 45 nitrogen and oxygen atoms in total. The lowest BCUT2D eigenvalue weighted by Gasteiger charge is -2.51. The molecule has 108 heavy (non-hydrogen) atoms. The van der Waals surface area contributed by atoms with E-state index in [4.69, 9.17) is 84.2 Å². The molecule has 2 aromatic carbocycles. The number of carbonyl (C=O) groups excluding carboxylic acids is 1. The van der Waals surface area contributed by atoms with Crippen molar-refractivity contribution in [2.75, 3.05) is 52.9 Å². The standard InChI is InChI=1S/C61H86O45S2/c62-9-21-44-30(71)36(77)55(89-21)98-46-23(11-64)91-57(38(79)32(46)73)100-48-25(13-66)93-59(40(81)34(48)75)102-50-27(15-68)95-61-52(42(50)83)105-107(85,86)19-5-1-3-17(7-19)29(70)18-4-2-6-20(8-18)108(87,88)106-53-43(84)51(104-61)28(16-69)96-60(53)103-49-26(14-67)94-58(41(82)35(49)76)101-47-24(12-65)92-56(39(80)33(47)74)99-45-22(10-63)90-54(97-44)37(78)31(45)72/h1-8,21-28,30-69,71-84H,9-16H2/t21-,22+,23-,24-,25-,26-,27-,28+,30+,31-,32-,33+,34+,35-,36+,37-,38-,39+,40-,41-,42+,43+,44-,45-,46-,47-,48-,49-,50-,51-,52-,53-,54-,55-,56-,57-,58-,59-,60-,61-/m1/s1. The zero-order valence-corrected chi connectivity index (χ0v) is 57.5. The number of fused-ring (bicyclic) bond motifs is 4. The highest BCUT2D eigenvalue weighted by Crippen LogP contribution is 2.42. The fourth-order valence-corrected chi connectivity index (χ4v) is 16.5. The van der Waals surface area contributed by atoms with Gasteiger partial charge >= 0.3 is 0 Å². The Hall–Kier alpha value is -3.59. The number of hydrogen-bond donors (Lipinski definition) is 22. The van der Waals surface area contributed by atoms with Crippen molar-refractivity contribution in [1.29, 1.82) is 0 Å². The average Bonchev–Trinajstić information content (AvgIpc) is 0.952. The van der Waals surface area contributed by atoms with Crippen molar-refractivity contribution in [2.45, 2.75) is 255 Å². The first-order valence-electron chi connectivity index (χ1n) is 33.8. The summed E-state index contributed by atoms with van der Waals surface area (Å²) in [6, 6.07) is 7.71. The van der Waals surface area contributed by atoms with Crippen LogP contribution >= 0.6 is 0 Å². The summed E-state index contributed by atoms with van der Waals surface area (Å²) >= 11 is 0. The molecule has 0 radical (unpaired) electrons. The predicted molar refractivity (Wildman–Crippen MR) is 329 cm³/mol. The monoisotopic (exact) mass is 1600 g/mol. The summed E-state index contributed by atoms with van der Waals surface area (Å²) in [6.45, 7) is -9.69. The third-order valence-corrected chi connectivity index (χ3v) is 22.7. The molecule has 22 bridgehead atoms. The van der Waals surface area contributed by atoms with E-state index < -0.39 is 345 Å². The molecule has 2 aromatic rings. The van der Waals surface area contributed by atoms with Crippen molar-refractivity contribution >= 4 is 26.0 Å². The number of benzene rings is 2. The number of carbonyl (C=O) groups is 1. The van der Waals surface area contributed by atoms with E-state index >= 15 is 0 Å². The van der Waals surface area contributed by atoms with Crippen LogP contribution in [0, 0.1) is 0 Å². The second-order valence-corrected chi connectivity index (χ2v) is 30.0. The molecule has 22 aliphatic heterocycles. The number of rotatable bonds is 8. The predicted octanol–water partition coefficient (Wildman–Crippen LogP) is -15.0. The van der Waals surface area contributed by atoms with Gasteiger partial charge < -0.3 is 188 Å². The lowest BCUT2D eigenvalue weighted by molar-refractivity contribution is -0.403. The minimum absolute atomic E-state index is 0.444. The zero-order valence-electron chi connectivity index (χ0n) is 55.9. The fraction of sp³-hybridized carbons (Fsp3) is 0.787. The third-order valence-electron chi connectivity index (χ3n) is 20.1. The van der Waals surface area contributed by atoms with Crippen LogP contribution in [0.3, 0.4) is 0 Å². The molecule has 0 amide bonds. The molecule has 0 saturated carbocycles. The van der Waals surface area contributed by atoms with Gasteiger partial charge in [-0.1, -0.05) is 24.3 Å². The van der Waals surface area contributed by atoms with Gasteiger partial charge in [0.25, 0.3) is 20.2 Å². The SMILES string of the molecule is O=C1c2cccc(c2)S(=O)(=O)O[C@H]2[C@H]3O[C@H]4[C@H](O)[C@@H](O)[C@@H](O[C@H]5[C@@H](O)[C@H](O)[C@@H](O[C@H]6[C@H](O)[C@@H](O)[C@@H](O[C@H]7[C@@H](O)[C@H](O)[C@@H](O[C@H]8[C@H](O)[C@@H](O)[C@@H](O[C@H]9[C@@H](O)[C@@H](O)[C@@H](O[C@H]%10[C@H](O)[C@@H](OS(=O)(=O)c%11cccc1c%11)[C@@H](O[C@@H]([C@@H]2O)[C@H](CO)O3)O[C@@H]%10CO)O[C@@H]9CO)O[C@@H]8CO)O[C@@H]7CO)O[C@H]6CO)O[C@@H]5CO)O[C@@H]4CO. The minimum Gasteiger partial charge on any atom is -0.394 e. The van der Waals surface area contributed by atoms with Crippen LogP contribution < -0.4 is 0 Å². The summed E-state index contributed by atoms with van der Waals surface area (Å²) < 4.78 is 163. The number of hydrogen-bond acceptors (Lipinski definition) is 45. The summed E-state index contributed by atoms with van der Waals surface area (Å²) in [5, 5.41) is 250. The van der Waals surface area contributed by atoms with Gasteiger partial charge in [0.2, 0.25) is 0 Å². The zero-order chi connectivity index (χ0) is 78.0. The van der Waals surface area contributed by atoms with Gasteiger partial charge in [-0.05, 0) is 24.3 Å². The van der Waals surface area contributed by atoms with Gasteiger partial charge in [-0.15, -0.1) is 0 Å². The van der Waals surface area contributed by atoms with E-state index in [1.807, 2.05) is 0 Å². The van der Waals surface area contributed by atoms with Crippen LogP contribution in [0.2, 0.25) is 0 Å². The Morgan fingerprint density at radius 3 is 0.630 bits per heavy atom. The van der Waals surface area contributed by atoms with Gasteiger partial charge in [-0.3, -0.25) is 13.2 Å². The number of ketones is 1. The van der Waals surface area contributed by atoms with E-state index in [-0.39, 0.29) is 0 Å². The van der Waals surface area contributed by atoms with Crippen molar-refractivity contribution in [2.24, 2.45) is 0 Å². The van der Waals surface area contributed by atoms with Gasteiger partial charge in [0.15, 0.2) is 68.3 Å². The van der Waals surface area contributed by atoms with E-state index in [1.165, 1.54) is 0 Å². The lowest BCUT2D eigenvalue weighted by atomic mass is 9.94. The highest BCUT2D eigenvalue weighted by atomic mass is 32.2. The van der Waals surface area contributed by atoms with Gasteiger partial charge in [0.05, 0.1) is 62.6 Å². The maximum Gasteiger partial charge on any atom is 0.297 e. The van der Waals surface area contributed by atoms with Crippen molar-refractivity contribution in [1.82, 2.24) is 0 Å². The summed E-state index contributed by atoms with van der Waals surface area (Å²) in [7, 11) is -10.8. The van der Waals surface area contributed by atoms with E-state index in [0.29, 0.717) is 0 Å². The molecular formula is C61H86O45S2. The smallest absolute Gasteiger partial charge is 0.297 e.